The quantitative estimate of drug-likeness (QED) is 0.606. The Morgan fingerprint density at radius 1 is 0.522 bits per heavy atom. The molecule has 0 heterocycles. The van der Waals surface area contributed by atoms with Gasteiger partial charge in [-0.3, -0.25) is 0 Å². The highest BCUT2D eigenvalue weighted by Crippen LogP contribution is 2.34. The van der Waals surface area contributed by atoms with Crippen molar-refractivity contribution in [3.63, 3.8) is 0 Å². The van der Waals surface area contributed by atoms with Crippen LogP contribution in [0.3, 0.4) is 0 Å². The van der Waals surface area contributed by atoms with Crippen LogP contribution in [-0.4, -0.2) is 0 Å². The van der Waals surface area contributed by atoms with Crippen LogP contribution < -0.4 is 4.90 Å². The molecule has 0 aromatic heterocycles. The first-order chi connectivity index (χ1) is 11.3. The van der Waals surface area contributed by atoms with Crippen molar-refractivity contribution in [3.05, 3.63) is 90.0 Å². The summed E-state index contributed by atoms with van der Waals surface area (Å²) in [5.74, 6) is 5.29. The largest absolute Gasteiger partial charge is 0.311 e. The first kappa shape index (κ1) is 14.5. The van der Waals surface area contributed by atoms with Crippen LogP contribution in [0.1, 0.15) is 11.1 Å². The number of hydrogen-bond donors (Lipinski definition) is 0. The highest BCUT2D eigenvalue weighted by molar-refractivity contribution is 5.76. The van der Waals surface area contributed by atoms with Crippen LogP contribution in [0.2, 0.25) is 0 Å². The molecule has 1 nitrogen and oxygen atoms in total. The van der Waals surface area contributed by atoms with Gasteiger partial charge in [0.1, 0.15) is 0 Å². The third kappa shape index (κ3) is 3.10. The fourth-order valence-corrected chi connectivity index (χ4v) is 2.44. The average Bonchev–Trinajstić information content (AvgIpc) is 2.64. The number of rotatable bonds is 3. The van der Waals surface area contributed by atoms with Gasteiger partial charge in [-0.15, -0.1) is 12.8 Å². The number of terminal acetylenes is 2. The Balaban J connectivity index is 2.09. The molecule has 0 aliphatic carbocycles. The lowest BCUT2D eigenvalue weighted by Crippen LogP contribution is -2.09. The zero-order chi connectivity index (χ0) is 16.1. The van der Waals surface area contributed by atoms with E-state index in [0.717, 1.165) is 28.2 Å². The van der Waals surface area contributed by atoms with Gasteiger partial charge in [-0.05, 0) is 60.7 Å². The second-order valence-electron chi connectivity index (χ2n) is 5.05. The summed E-state index contributed by atoms with van der Waals surface area (Å²) in [6.07, 6.45) is 10.9. The molecular weight excluding hydrogens is 278 g/mol. The van der Waals surface area contributed by atoms with Gasteiger partial charge in [0.15, 0.2) is 0 Å². The van der Waals surface area contributed by atoms with E-state index in [-0.39, 0.29) is 0 Å². The van der Waals surface area contributed by atoms with Crippen LogP contribution in [0, 0.1) is 24.7 Å². The normalized spacial score (nSPS) is 9.65. The SMILES string of the molecule is C#Cc1ccc(N(c2ccccc2)c2ccc(C#C)cc2)cc1. The van der Waals surface area contributed by atoms with Crippen LogP contribution in [0.25, 0.3) is 0 Å². The zero-order valence-corrected chi connectivity index (χ0v) is 12.6. The molecule has 0 amide bonds. The summed E-state index contributed by atoms with van der Waals surface area (Å²) >= 11 is 0. The Hall–Kier alpha value is -3.42. The molecule has 0 aliphatic rings. The van der Waals surface area contributed by atoms with Crippen molar-refractivity contribution in [1.29, 1.82) is 0 Å². The number of hydrogen-bond acceptors (Lipinski definition) is 1. The van der Waals surface area contributed by atoms with Gasteiger partial charge in [0.05, 0.1) is 0 Å². The van der Waals surface area contributed by atoms with E-state index in [0.29, 0.717) is 0 Å². The van der Waals surface area contributed by atoms with E-state index < -0.39 is 0 Å². The number of anilines is 3. The van der Waals surface area contributed by atoms with Gasteiger partial charge in [0.2, 0.25) is 0 Å². The molecule has 23 heavy (non-hydrogen) atoms. The zero-order valence-electron chi connectivity index (χ0n) is 12.6. The smallest absolute Gasteiger partial charge is 0.0462 e. The van der Waals surface area contributed by atoms with Crippen LogP contribution in [0.4, 0.5) is 17.1 Å². The minimum atomic E-state index is 0.865. The van der Waals surface area contributed by atoms with Gasteiger partial charge in [-0.2, -0.15) is 0 Å². The molecular formula is C22H15N. The molecule has 0 saturated heterocycles. The second kappa shape index (κ2) is 6.56. The Morgan fingerprint density at radius 2 is 0.913 bits per heavy atom. The van der Waals surface area contributed by atoms with Gasteiger partial charge in [0, 0.05) is 28.2 Å². The Kier molecular flexibility index (Phi) is 4.14. The van der Waals surface area contributed by atoms with Crippen LogP contribution in [-0.2, 0) is 0 Å². The van der Waals surface area contributed by atoms with Gasteiger partial charge in [-0.25, -0.2) is 0 Å². The molecule has 0 unspecified atom stereocenters. The van der Waals surface area contributed by atoms with Crippen molar-refractivity contribution in [2.45, 2.75) is 0 Å². The highest BCUT2D eigenvalue weighted by Gasteiger charge is 2.11. The second-order valence-corrected chi connectivity index (χ2v) is 5.05. The maximum absolute atomic E-state index is 5.45. The Morgan fingerprint density at radius 3 is 1.30 bits per heavy atom. The number of nitrogens with zero attached hydrogens (tertiary/aromatic N) is 1. The molecule has 0 saturated carbocycles. The molecule has 0 spiro atoms. The molecule has 0 N–H and O–H groups in total. The average molecular weight is 293 g/mol. The number of benzene rings is 3. The predicted octanol–water partition coefficient (Wildman–Crippen LogP) is 5.12. The van der Waals surface area contributed by atoms with Crippen molar-refractivity contribution in [3.8, 4) is 24.7 Å². The molecule has 3 aromatic rings. The van der Waals surface area contributed by atoms with Crippen LogP contribution >= 0.6 is 0 Å². The fourth-order valence-electron chi connectivity index (χ4n) is 2.44. The molecule has 0 aliphatic heterocycles. The van der Waals surface area contributed by atoms with Crippen molar-refractivity contribution >= 4 is 17.1 Å². The molecule has 0 radical (unpaired) electrons. The van der Waals surface area contributed by atoms with Crippen molar-refractivity contribution in [1.82, 2.24) is 0 Å². The molecule has 3 aromatic carbocycles. The first-order valence-corrected chi connectivity index (χ1v) is 7.30. The standard InChI is InChI=1S/C22H15N/c1-3-18-10-14-21(15-11-18)23(20-8-6-5-7-9-20)22-16-12-19(4-2)13-17-22/h1-2,5-17H. The van der Waals surface area contributed by atoms with E-state index >= 15 is 0 Å². The number of para-hydroxylation sites is 1. The van der Waals surface area contributed by atoms with E-state index in [4.69, 9.17) is 12.8 Å². The molecule has 1 heteroatoms. The van der Waals surface area contributed by atoms with Crippen LogP contribution in [0.15, 0.2) is 78.9 Å². The van der Waals surface area contributed by atoms with E-state index in [1.165, 1.54) is 0 Å². The fraction of sp³-hybridized carbons (Fsp3) is 0. The van der Waals surface area contributed by atoms with E-state index in [1.54, 1.807) is 0 Å². The first-order valence-electron chi connectivity index (χ1n) is 7.30. The molecule has 0 bridgehead atoms. The summed E-state index contributed by atoms with van der Waals surface area (Å²) in [5, 5.41) is 0. The summed E-state index contributed by atoms with van der Waals surface area (Å²) in [6.45, 7) is 0. The minimum Gasteiger partial charge on any atom is -0.311 e. The van der Waals surface area contributed by atoms with Gasteiger partial charge >= 0.3 is 0 Å². The predicted molar refractivity (Wildman–Crippen MR) is 97.0 cm³/mol. The van der Waals surface area contributed by atoms with Gasteiger partial charge in [0.25, 0.3) is 0 Å². The Labute approximate surface area is 137 Å². The molecule has 108 valence electrons. The topological polar surface area (TPSA) is 3.24 Å². The maximum atomic E-state index is 5.45. The summed E-state index contributed by atoms with van der Waals surface area (Å²) in [5.41, 5.74) is 4.90. The molecule has 0 atom stereocenters. The van der Waals surface area contributed by atoms with Gasteiger partial charge in [-0.1, -0.05) is 30.0 Å². The lowest BCUT2D eigenvalue weighted by Gasteiger charge is -2.25. The lowest BCUT2D eigenvalue weighted by molar-refractivity contribution is 1.28. The maximum Gasteiger partial charge on any atom is 0.0462 e. The highest BCUT2D eigenvalue weighted by atomic mass is 15.1. The van der Waals surface area contributed by atoms with Gasteiger partial charge < -0.3 is 4.90 Å². The van der Waals surface area contributed by atoms with E-state index in [1.807, 2.05) is 66.7 Å². The summed E-state index contributed by atoms with van der Waals surface area (Å²) < 4.78 is 0. The summed E-state index contributed by atoms with van der Waals surface area (Å²) in [4.78, 5) is 2.17. The van der Waals surface area contributed by atoms with Crippen LogP contribution in [0.5, 0.6) is 0 Å². The van der Waals surface area contributed by atoms with Crippen molar-refractivity contribution in [2.24, 2.45) is 0 Å². The third-order valence-electron chi connectivity index (χ3n) is 3.60. The van der Waals surface area contributed by atoms with Crippen molar-refractivity contribution in [2.75, 3.05) is 4.90 Å². The van der Waals surface area contributed by atoms with Crippen molar-refractivity contribution < 1.29 is 0 Å². The monoisotopic (exact) mass is 293 g/mol. The molecule has 3 rings (SSSR count). The minimum absolute atomic E-state index is 0.865. The Bertz CT molecular complexity index is 803. The molecule has 0 fully saturated rings. The summed E-state index contributed by atoms with van der Waals surface area (Å²) in [7, 11) is 0. The van der Waals surface area contributed by atoms with E-state index in [9.17, 15) is 0 Å². The van der Waals surface area contributed by atoms with E-state index in [2.05, 4.69) is 28.9 Å². The third-order valence-corrected chi connectivity index (χ3v) is 3.60. The lowest BCUT2D eigenvalue weighted by atomic mass is 10.1. The summed E-state index contributed by atoms with van der Waals surface area (Å²) in [6, 6.07) is 26.1.